The highest BCUT2D eigenvalue weighted by Crippen LogP contribution is 2.34. The molecule has 7 heteroatoms. The molecule has 0 radical (unpaired) electrons. The summed E-state index contributed by atoms with van der Waals surface area (Å²) in [7, 11) is 0. The second-order valence-corrected chi connectivity index (χ2v) is 8.05. The van der Waals surface area contributed by atoms with Crippen LogP contribution in [0.5, 0.6) is 0 Å². The number of rotatable bonds is 4. The summed E-state index contributed by atoms with van der Waals surface area (Å²) < 4.78 is 5.85. The Hall–Kier alpha value is -2.51. The van der Waals surface area contributed by atoms with Crippen molar-refractivity contribution in [3.8, 4) is 10.6 Å². The molecule has 0 aliphatic rings. The molecule has 26 heavy (non-hydrogen) atoms. The highest BCUT2D eigenvalue weighted by Gasteiger charge is 2.15. The molecule has 1 N–H and O–H groups in total. The molecule has 1 amide bonds. The molecule has 4 aromatic rings. The van der Waals surface area contributed by atoms with E-state index in [1.165, 1.54) is 18.3 Å². The number of aryl methyl sites for hydroxylation is 2. The zero-order valence-corrected chi connectivity index (χ0v) is 16.3. The number of hydrogen-bond acceptors (Lipinski definition) is 6. The number of anilines is 1. The summed E-state index contributed by atoms with van der Waals surface area (Å²) in [5, 5.41) is 7.53. The Balaban J connectivity index is 1.62. The second-order valence-electron chi connectivity index (χ2n) is 6.11. The van der Waals surface area contributed by atoms with Crippen molar-refractivity contribution in [2.24, 2.45) is 0 Å². The van der Waals surface area contributed by atoms with E-state index in [4.69, 9.17) is 9.40 Å². The molecular weight excluding hydrogens is 366 g/mol. The van der Waals surface area contributed by atoms with Gasteiger partial charge in [0.1, 0.15) is 11.3 Å². The van der Waals surface area contributed by atoms with Gasteiger partial charge in [0.05, 0.1) is 21.3 Å². The summed E-state index contributed by atoms with van der Waals surface area (Å²) in [5.74, 6) is 0.796. The SMILES string of the molecule is CC(=O)Nc1nc(C)c(-c2csc(Cc3cccc4cc(C)oc34)n2)s1. The van der Waals surface area contributed by atoms with Gasteiger partial charge in [-0.1, -0.05) is 29.5 Å². The molecule has 4 rings (SSSR count). The molecule has 0 aliphatic heterocycles. The summed E-state index contributed by atoms with van der Waals surface area (Å²) >= 11 is 3.07. The van der Waals surface area contributed by atoms with Gasteiger partial charge in [0, 0.05) is 29.7 Å². The molecule has 0 saturated heterocycles. The average Bonchev–Trinajstić information content (AvgIpc) is 3.25. The van der Waals surface area contributed by atoms with Crippen molar-refractivity contribution >= 4 is 44.7 Å². The quantitative estimate of drug-likeness (QED) is 0.527. The first kappa shape index (κ1) is 16.9. The van der Waals surface area contributed by atoms with Gasteiger partial charge in [0.15, 0.2) is 5.13 Å². The number of para-hydroxylation sites is 1. The minimum Gasteiger partial charge on any atom is -0.461 e. The molecule has 3 heterocycles. The summed E-state index contributed by atoms with van der Waals surface area (Å²) in [4.78, 5) is 21.4. The van der Waals surface area contributed by atoms with E-state index in [0.29, 0.717) is 5.13 Å². The van der Waals surface area contributed by atoms with E-state index in [9.17, 15) is 4.79 Å². The third-order valence-corrected chi connectivity index (χ3v) is 5.90. The molecule has 0 spiro atoms. The van der Waals surface area contributed by atoms with Gasteiger partial charge in [-0.25, -0.2) is 9.97 Å². The normalized spacial score (nSPS) is 11.2. The standard InChI is InChI=1S/C19H17N3O2S2/c1-10-7-13-5-4-6-14(17(13)24-10)8-16-22-15(9-25-16)18-11(2)20-19(26-18)21-12(3)23/h4-7,9H,8H2,1-3H3,(H,20,21,23). The van der Waals surface area contributed by atoms with Crippen molar-refractivity contribution in [2.45, 2.75) is 27.2 Å². The van der Waals surface area contributed by atoms with Gasteiger partial charge >= 0.3 is 0 Å². The van der Waals surface area contributed by atoms with Crippen molar-refractivity contribution in [3.05, 3.63) is 51.7 Å². The maximum Gasteiger partial charge on any atom is 0.223 e. The Morgan fingerprint density at radius 3 is 2.92 bits per heavy atom. The van der Waals surface area contributed by atoms with Crippen LogP contribution in [0.15, 0.2) is 34.1 Å². The molecule has 0 aliphatic carbocycles. The minimum absolute atomic E-state index is 0.119. The Morgan fingerprint density at radius 2 is 2.12 bits per heavy atom. The molecule has 0 fully saturated rings. The van der Waals surface area contributed by atoms with E-state index in [1.54, 1.807) is 11.3 Å². The van der Waals surface area contributed by atoms with Crippen molar-refractivity contribution in [1.29, 1.82) is 0 Å². The largest absolute Gasteiger partial charge is 0.461 e. The molecule has 1 aromatic carbocycles. The lowest BCUT2D eigenvalue weighted by Gasteiger charge is -1.99. The van der Waals surface area contributed by atoms with Crippen LogP contribution >= 0.6 is 22.7 Å². The number of fused-ring (bicyclic) bond motifs is 1. The summed E-state index contributed by atoms with van der Waals surface area (Å²) in [6.45, 7) is 5.38. The van der Waals surface area contributed by atoms with E-state index in [0.717, 1.165) is 50.0 Å². The Kier molecular flexibility index (Phi) is 4.34. The first-order valence-corrected chi connectivity index (χ1v) is 9.87. The lowest BCUT2D eigenvalue weighted by Crippen LogP contribution is -2.04. The van der Waals surface area contributed by atoms with Crippen LogP contribution in [0.25, 0.3) is 21.5 Å². The fourth-order valence-electron chi connectivity index (χ4n) is 2.89. The van der Waals surface area contributed by atoms with Crippen LogP contribution in [-0.4, -0.2) is 15.9 Å². The lowest BCUT2D eigenvalue weighted by molar-refractivity contribution is -0.114. The van der Waals surface area contributed by atoms with Gasteiger partial charge in [0.2, 0.25) is 5.91 Å². The van der Waals surface area contributed by atoms with Crippen LogP contribution in [0, 0.1) is 13.8 Å². The maximum absolute atomic E-state index is 11.2. The number of thiazole rings is 2. The van der Waals surface area contributed by atoms with Gasteiger partial charge in [0.25, 0.3) is 0 Å². The number of carbonyl (C=O) groups is 1. The van der Waals surface area contributed by atoms with Crippen molar-refractivity contribution in [1.82, 2.24) is 9.97 Å². The monoisotopic (exact) mass is 383 g/mol. The number of furan rings is 1. The molecule has 0 unspecified atom stereocenters. The van der Waals surface area contributed by atoms with Gasteiger partial charge < -0.3 is 9.73 Å². The summed E-state index contributed by atoms with van der Waals surface area (Å²) in [6, 6.07) is 8.25. The van der Waals surface area contributed by atoms with E-state index in [-0.39, 0.29) is 5.91 Å². The number of aromatic nitrogens is 2. The first-order chi connectivity index (χ1) is 12.5. The molecule has 5 nitrogen and oxygen atoms in total. The van der Waals surface area contributed by atoms with Crippen LogP contribution in [0.4, 0.5) is 5.13 Å². The van der Waals surface area contributed by atoms with Gasteiger partial charge in [-0.05, 0) is 19.9 Å². The van der Waals surface area contributed by atoms with E-state index >= 15 is 0 Å². The number of nitrogens with one attached hydrogen (secondary N) is 1. The van der Waals surface area contributed by atoms with Crippen molar-refractivity contribution in [3.63, 3.8) is 0 Å². The smallest absolute Gasteiger partial charge is 0.223 e. The van der Waals surface area contributed by atoms with Crippen molar-refractivity contribution in [2.75, 3.05) is 5.32 Å². The fraction of sp³-hybridized carbons (Fsp3) is 0.211. The van der Waals surface area contributed by atoms with Crippen LogP contribution in [-0.2, 0) is 11.2 Å². The molecule has 0 bridgehead atoms. The number of carbonyl (C=O) groups excluding carboxylic acids is 1. The maximum atomic E-state index is 11.2. The third-order valence-electron chi connectivity index (χ3n) is 3.95. The van der Waals surface area contributed by atoms with E-state index < -0.39 is 0 Å². The third kappa shape index (κ3) is 3.27. The number of benzene rings is 1. The topological polar surface area (TPSA) is 68.0 Å². The van der Waals surface area contributed by atoms with Crippen LogP contribution in [0.3, 0.4) is 0 Å². The van der Waals surface area contributed by atoms with Crippen LogP contribution in [0.1, 0.15) is 28.9 Å². The first-order valence-electron chi connectivity index (χ1n) is 8.17. The zero-order valence-electron chi connectivity index (χ0n) is 14.6. The fourth-order valence-corrected chi connectivity index (χ4v) is 4.74. The predicted octanol–water partition coefficient (Wildman–Crippen LogP) is 5.18. The molecule has 0 atom stereocenters. The Bertz CT molecular complexity index is 1110. The molecule has 132 valence electrons. The summed E-state index contributed by atoms with van der Waals surface area (Å²) in [5.41, 5.74) is 3.85. The molecular formula is C19H17N3O2S2. The Labute approximate surface area is 158 Å². The van der Waals surface area contributed by atoms with Crippen molar-refractivity contribution < 1.29 is 9.21 Å². The van der Waals surface area contributed by atoms with E-state index in [2.05, 4.69) is 28.5 Å². The lowest BCUT2D eigenvalue weighted by atomic mass is 10.1. The van der Waals surface area contributed by atoms with Crippen LogP contribution in [0.2, 0.25) is 0 Å². The van der Waals surface area contributed by atoms with Gasteiger partial charge in [-0.2, -0.15) is 0 Å². The summed E-state index contributed by atoms with van der Waals surface area (Å²) in [6.07, 6.45) is 0.728. The minimum atomic E-state index is -0.119. The number of hydrogen-bond donors (Lipinski definition) is 1. The van der Waals surface area contributed by atoms with Gasteiger partial charge in [-0.15, -0.1) is 11.3 Å². The Morgan fingerprint density at radius 1 is 1.27 bits per heavy atom. The van der Waals surface area contributed by atoms with E-state index in [1.807, 2.05) is 25.3 Å². The zero-order chi connectivity index (χ0) is 18.3. The average molecular weight is 383 g/mol. The van der Waals surface area contributed by atoms with Gasteiger partial charge in [-0.3, -0.25) is 4.79 Å². The second kappa shape index (κ2) is 6.66. The number of amides is 1. The highest BCUT2D eigenvalue weighted by atomic mass is 32.1. The number of nitrogens with zero attached hydrogens (tertiary/aromatic N) is 2. The van der Waals surface area contributed by atoms with Crippen LogP contribution < -0.4 is 5.32 Å². The molecule has 3 aromatic heterocycles. The predicted molar refractivity (Wildman–Crippen MR) is 106 cm³/mol. The highest BCUT2D eigenvalue weighted by molar-refractivity contribution is 7.19. The molecule has 0 saturated carbocycles.